The van der Waals surface area contributed by atoms with Gasteiger partial charge in [0, 0.05) is 37.1 Å². The maximum Gasteiger partial charge on any atom is 0.154 e. The Morgan fingerprint density at radius 3 is 2.83 bits per heavy atom. The summed E-state index contributed by atoms with van der Waals surface area (Å²) < 4.78 is 14.9. The minimum atomic E-state index is -0.248. The van der Waals surface area contributed by atoms with Crippen LogP contribution in [0.2, 0.25) is 0 Å². The Balaban J connectivity index is 1.76. The average Bonchev–Trinajstić information content (AvgIpc) is 2.99. The van der Waals surface area contributed by atoms with Gasteiger partial charge in [0.25, 0.3) is 0 Å². The van der Waals surface area contributed by atoms with Crippen molar-refractivity contribution < 1.29 is 4.39 Å². The number of anilines is 1. The molecule has 0 bridgehead atoms. The molecule has 0 radical (unpaired) electrons. The van der Waals surface area contributed by atoms with Gasteiger partial charge < -0.3 is 10.6 Å². The van der Waals surface area contributed by atoms with Crippen molar-refractivity contribution >= 4 is 11.3 Å². The van der Waals surface area contributed by atoms with Crippen molar-refractivity contribution in [2.75, 3.05) is 18.0 Å². The first-order valence-corrected chi connectivity index (χ1v) is 7.81. The summed E-state index contributed by atoms with van der Waals surface area (Å²) in [6.07, 6.45) is 5.71. The highest BCUT2D eigenvalue weighted by molar-refractivity contribution is 5.75. The number of aromatic nitrogens is 3. The van der Waals surface area contributed by atoms with Gasteiger partial charge in [-0.15, -0.1) is 0 Å². The summed E-state index contributed by atoms with van der Waals surface area (Å²) in [4.78, 5) is 6.76. The predicted molar refractivity (Wildman–Crippen MR) is 87.8 cm³/mol. The second kappa shape index (κ2) is 5.62. The van der Waals surface area contributed by atoms with Crippen LogP contribution < -0.4 is 10.6 Å². The molecular formula is C17H18FN5. The van der Waals surface area contributed by atoms with E-state index >= 15 is 0 Å². The molecule has 1 atom stereocenters. The van der Waals surface area contributed by atoms with Crippen molar-refractivity contribution in [2.45, 2.75) is 18.9 Å². The van der Waals surface area contributed by atoms with Crippen LogP contribution in [0, 0.1) is 5.82 Å². The van der Waals surface area contributed by atoms with Gasteiger partial charge in [-0.25, -0.2) is 13.9 Å². The van der Waals surface area contributed by atoms with E-state index in [-0.39, 0.29) is 11.9 Å². The van der Waals surface area contributed by atoms with Crippen LogP contribution in [0.5, 0.6) is 0 Å². The summed E-state index contributed by atoms with van der Waals surface area (Å²) in [5, 5.41) is 4.58. The van der Waals surface area contributed by atoms with Crippen molar-refractivity contribution in [1.29, 1.82) is 0 Å². The Bertz CT molecular complexity index is 827. The average molecular weight is 311 g/mol. The summed E-state index contributed by atoms with van der Waals surface area (Å²) in [5.41, 5.74) is 8.73. The van der Waals surface area contributed by atoms with Crippen molar-refractivity contribution in [3.63, 3.8) is 0 Å². The van der Waals surface area contributed by atoms with E-state index in [1.54, 1.807) is 18.3 Å². The van der Waals surface area contributed by atoms with Crippen molar-refractivity contribution in [2.24, 2.45) is 5.73 Å². The zero-order valence-electron chi connectivity index (χ0n) is 12.7. The van der Waals surface area contributed by atoms with Crippen LogP contribution in [0.25, 0.3) is 16.8 Å². The number of rotatable bonds is 2. The molecule has 3 heterocycles. The fourth-order valence-corrected chi connectivity index (χ4v) is 3.12. The number of nitrogens with zero attached hydrogens (tertiary/aromatic N) is 4. The minimum absolute atomic E-state index is 0.185. The quantitative estimate of drug-likeness (QED) is 0.790. The van der Waals surface area contributed by atoms with E-state index in [4.69, 9.17) is 5.73 Å². The lowest BCUT2D eigenvalue weighted by Crippen LogP contribution is -2.43. The lowest BCUT2D eigenvalue weighted by molar-refractivity contribution is 0.503. The molecule has 1 aliphatic heterocycles. The molecular weight excluding hydrogens is 293 g/mol. The second-order valence-electron chi connectivity index (χ2n) is 5.97. The fraction of sp³-hybridized carbons (Fsp3) is 0.294. The highest BCUT2D eigenvalue weighted by atomic mass is 19.1. The number of nitrogens with two attached hydrogens (primary N) is 1. The van der Waals surface area contributed by atoms with Crippen LogP contribution in [0.4, 0.5) is 10.2 Å². The number of piperidine rings is 1. The van der Waals surface area contributed by atoms with Gasteiger partial charge in [-0.2, -0.15) is 5.10 Å². The zero-order chi connectivity index (χ0) is 15.8. The molecule has 5 nitrogen and oxygen atoms in total. The molecule has 23 heavy (non-hydrogen) atoms. The van der Waals surface area contributed by atoms with Crippen LogP contribution in [0.3, 0.4) is 0 Å². The molecule has 2 aromatic heterocycles. The van der Waals surface area contributed by atoms with Crippen LogP contribution in [-0.4, -0.2) is 33.7 Å². The summed E-state index contributed by atoms with van der Waals surface area (Å²) in [5.74, 6) is 0.658. The van der Waals surface area contributed by atoms with Gasteiger partial charge in [0.15, 0.2) is 5.82 Å². The SMILES string of the molecule is NC1CCCN(c2nccn3nc(-c4ccc(F)cc4)cc23)C1. The third-order valence-corrected chi connectivity index (χ3v) is 4.27. The number of hydrogen-bond acceptors (Lipinski definition) is 4. The molecule has 0 aliphatic carbocycles. The molecule has 1 unspecified atom stereocenters. The first-order valence-electron chi connectivity index (χ1n) is 7.81. The molecule has 118 valence electrons. The normalized spacial score (nSPS) is 18.5. The lowest BCUT2D eigenvalue weighted by atomic mass is 10.1. The number of benzene rings is 1. The van der Waals surface area contributed by atoms with Gasteiger partial charge in [0.1, 0.15) is 11.3 Å². The van der Waals surface area contributed by atoms with Crippen molar-refractivity contribution in [3.05, 3.63) is 48.5 Å². The summed E-state index contributed by atoms with van der Waals surface area (Å²) in [6.45, 7) is 1.77. The Morgan fingerprint density at radius 1 is 1.22 bits per heavy atom. The standard InChI is InChI=1S/C17H18FN5/c18-13-5-3-12(4-6-13)15-10-16-17(20-7-9-23(16)21-15)22-8-1-2-14(19)11-22/h3-7,9-10,14H,1-2,8,11,19H2. The summed E-state index contributed by atoms with van der Waals surface area (Å²) >= 11 is 0. The first-order chi connectivity index (χ1) is 11.2. The number of fused-ring (bicyclic) bond motifs is 1. The monoisotopic (exact) mass is 311 g/mol. The molecule has 1 fully saturated rings. The zero-order valence-corrected chi connectivity index (χ0v) is 12.7. The van der Waals surface area contributed by atoms with E-state index in [1.165, 1.54) is 12.1 Å². The van der Waals surface area contributed by atoms with E-state index < -0.39 is 0 Å². The molecule has 0 spiro atoms. The smallest absolute Gasteiger partial charge is 0.154 e. The summed E-state index contributed by atoms with van der Waals surface area (Å²) in [6, 6.07) is 8.55. The molecule has 6 heteroatoms. The van der Waals surface area contributed by atoms with E-state index in [2.05, 4.69) is 15.0 Å². The third-order valence-electron chi connectivity index (χ3n) is 4.27. The molecule has 1 saturated heterocycles. The highest BCUT2D eigenvalue weighted by Gasteiger charge is 2.20. The third kappa shape index (κ3) is 2.66. The Hall–Kier alpha value is -2.47. The van der Waals surface area contributed by atoms with Gasteiger partial charge in [0.05, 0.1) is 5.69 Å². The first kappa shape index (κ1) is 14.1. The molecule has 1 aliphatic rings. The fourth-order valence-electron chi connectivity index (χ4n) is 3.12. The topological polar surface area (TPSA) is 59.5 Å². The van der Waals surface area contributed by atoms with E-state index in [0.29, 0.717) is 0 Å². The number of halogens is 1. The molecule has 1 aromatic carbocycles. The largest absolute Gasteiger partial charge is 0.353 e. The highest BCUT2D eigenvalue weighted by Crippen LogP contribution is 2.26. The van der Waals surface area contributed by atoms with Gasteiger partial charge >= 0.3 is 0 Å². The molecule has 0 amide bonds. The van der Waals surface area contributed by atoms with Gasteiger partial charge in [-0.1, -0.05) is 0 Å². The van der Waals surface area contributed by atoms with Gasteiger partial charge in [-0.3, -0.25) is 0 Å². The molecule has 4 rings (SSSR count). The Labute approximate surface area is 133 Å². The number of hydrogen-bond donors (Lipinski definition) is 1. The van der Waals surface area contributed by atoms with Crippen LogP contribution in [-0.2, 0) is 0 Å². The second-order valence-corrected chi connectivity index (χ2v) is 5.97. The summed E-state index contributed by atoms with van der Waals surface area (Å²) in [7, 11) is 0. The molecule has 3 aromatic rings. The van der Waals surface area contributed by atoms with Crippen molar-refractivity contribution in [1.82, 2.24) is 14.6 Å². The Morgan fingerprint density at radius 2 is 2.04 bits per heavy atom. The van der Waals surface area contributed by atoms with Crippen LogP contribution >= 0.6 is 0 Å². The Kier molecular flexibility index (Phi) is 3.46. The van der Waals surface area contributed by atoms with E-state index in [1.807, 2.05) is 16.8 Å². The minimum Gasteiger partial charge on any atom is -0.353 e. The van der Waals surface area contributed by atoms with Crippen LogP contribution in [0.15, 0.2) is 42.7 Å². The maximum atomic E-state index is 13.1. The lowest BCUT2D eigenvalue weighted by Gasteiger charge is -2.31. The maximum absolute atomic E-state index is 13.1. The van der Waals surface area contributed by atoms with E-state index in [0.717, 1.165) is 48.5 Å². The molecule has 0 saturated carbocycles. The van der Waals surface area contributed by atoms with Gasteiger partial charge in [0.2, 0.25) is 0 Å². The van der Waals surface area contributed by atoms with Gasteiger partial charge in [-0.05, 0) is 43.2 Å². The molecule has 2 N–H and O–H groups in total. The van der Waals surface area contributed by atoms with Crippen molar-refractivity contribution in [3.8, 4) is 11.3 Å². The van der Waals surface area contributed by atoms with Crippen LogP contribution in [0.1, 0.15) is 12.8 Å². The van der Waals surface area contributed by atoms with E-state index in [9.17, 15) is 4.39 Å². The predicted octanol–water partition coefficient (Wildman–Crippen LogP) is 2.46.